The summed E-state index contributed by atoms with van der Waals surface area (Å²) >= 11 is 0. The van der Waals surface area contributed by atoms with Crippen molar-refractivity contribution in [3.63, 3.8) is 0 Å². The van der Waals surface area contributed by atoms with Crippen LogP contribution in [-0.4, -0.2) is 58.5 Å². The van der Waals surface area contributed by atoms with Gasteiger partial charge in [-0.25, -0.2) is 0 Å². The number of ether oxygens (including phenoxy) is 2. The molecule has 6 nitrogen and oxygen atoms in total. The van der Waals surface area contributed by atoms with Crippen molar-refractivity contribution in [1.82, 2.24) is 10.6 Å². The van der Waals surface area contributed by atoms with Gasteiger partial charge in [0.05, 0.1) is 6.61 Å². The summed E-state index contributed by atoms with van der Waals surface area (Å²) in [5, 5.41) is 7.28. The summed E-state index contributed by atoms with van der Waals surface area (Å²) < 4.78 is 11.3. The van der Waals surface area contributed by atoms with Gasteiger partial charge in [-0.15, -0.1) is 0 Å². The van der Waals surface area contributed by atoms with E-state index in [1.807, 2.05) is 14.0 Å². The van der Waals surface area contributed by atoms with Crippen LogP contribution in [0.5, 0.6) is 5.75 Å². The van der Waals surface area contributed by atoms with Gasteiger partial charge in [-0.2, -0.15) is 0 Å². The highest BCUT2D eigenvalue weighted by atomic mass is 16.5. The Balaban J connectivity index is 1.38. The van der Waals surface area contributed by atoms with Gasteiger partial charge in [0, 0.05) is 57.0 Å². The zero-order valence-electron chi connectivity index (χ0n) is 19.3. The maximum absolute atomic E-state index is 5.70. The molecule has 4 rings (SSSR count). The van der Waals surface area contributed by atoms with Crippen LogP contribution in [0.3, 0.4) is 0 Å². The lowest BCUT2D eigenvalue weighted by molar-refractivity contribution is 0.0513. The molecule has 2 fully saturated rings. The van der Waals surface area contributed by atoms with Gasteiger partial charge in [-0.05, 0) is 56.0 Å². The van der Waals surface area contributed by atoms with Crippen molar-refractivity contribution >= 4 is 11.6 Å². The smallest absolute Gasteiger partial charge is 0.191 e. The normalized spacial score (nSPS) is 20.8. The third-order valence-corrected chi connectivity index (χ3v) is 6.70. The van der Waals surface area contributed by atoms with Gasteiger partial charge in [0.1, 0.15) is 5.75 Å². The van der Waals surface area contributed by atoms with E-state index in [4.69, 9.17) is 9.47 Å². The third kappa shape index (κ3) is 5.36. The van der Waals surface area contributed by atoms with Gasteiger partial charge in [-0.3, -0.25) is 4.99 Å². The molecule has 172 valence electrons. The average Bonchev–Trinajstić information content (AvgIpc) is 3.32. The van der Waals surface area contributed by atoms with Crippen LogP contribution in [0.4, 0.5) is 5.69 Å². The molecule has 1 atom stereocenters. The molecule has 2 aromatic rings. The number of nitrogens with zero attached hydrogens (tertiary/aromatic N) is 2. The average molecular weight is 437 g/mol. The van der Waals surface area contributed by atoms with Crippen molar-refractivity contribution in [2.45, 2.75) is 37.6 Å². The lowest BCUT2D eigenvalue weighted by Gasteiger charge is -2.38. The second kappa shape index (κ2) is 10.7. The third-order valence-electron chi connectivity index (χ3n) is 6.70. The minimum atomic E-state index is 0.0341. The van der Waals surface area contributed by atoms with Gasteiger partial charge in [0.25, 0.3) is 0 Å². The highest BCUT2D eigenvalue weighted by Gasteiger charge is 2.35. The fourth-order valence-corrected chi connectivity index (χ4v) is 4.79. The SMILES string of the molecule is CCOc1ccc(C2(CNC(=NC)NC3CCN(c4ccccc4)C3)CCOCC2)cc1. The first-order valence-corrected chi connectivity index (χ1v) is 11.8. The summed E-state index contributed by atoms with van der Waals surface area (Å²) in [7, 11) is 1.85. The maximum atomic E-state index is 5.70. The molecular weight excluding hydrogens is 400 g/mol. The predicted octanol–water partition coefficient (Wildman–Crippen LogP) is 3.58. The van der Waals surface area contributed by atoms with Crippen molar-refractivity contribution in [2.24, 2.45) is 4.99 Å². The fraction of sp³-hybridized carbons (Fsp3) is 0.500. The minimum absolute atomic E-state index is 0.0341. The van der Waals surface area contributed by atoms with Gasteiger partial charge in [0.15, 0.2) is 5.96 Å². The molecule has 2 aliphatic rings. The largest absolute Gasteiger partial charge is 0.494 e. The number of benzene rings is 2. The van der Waals surface area contributed by atoms with Crippen LogP contribution in [-0.2, 0) is 10.2 Å². The number of anilines is 1. The molecule has 0 bridgehead atoms. The Bertz CT molecular complexity index is 863. The number of para-hydroxylation sites is 1. The van der Waals surface area contributed by atoms with Crippen LogP contribution in [0.15, 0.2) is 59.6 Å². The van der Waals surface area contributed by atoms with Crippen LogP contribution in [0, 0.1) is 0 Å². The van der Waals surface area contributed by atoms with E-state index in [2.05, 4.69) is 75.1 Å². The van der Waals surface area contributed by atoms with Crippen molar-refractivity contribution in [3.8, 4) is 5.75 Å². The molecule has 2 N–H and O–H groups in total. The summed E-state index contributed by atoms with van der Waals surface area (Å²) in [5.41, 5.74) is 2.66. The molecule has 0 aromatic heterocycles. The van der Waals surface area contributed by atoms with Crippen LogP contribution >= 0.6 is 0 Å². The van der Waals surface area contributed by atoms with Crippen molar-refractivity contribution in [2.75, 3.05) is 51.4 Å². The second-order valence-electron chi connectivity index (χ2n) is 8.69. The molecular formula is C26H36N4O2. The Morgan fingerprint density at radius 2 is 1.88 bits per heavy atom. The minimum Gasteiger partial charge on any atom is -0.494 e. The van der Waals surface area contributed by atoms with E-state index in [1.54, 1.807) is 0 Å². The van der Waals surface area contributed by atoms with Gasteiger partial charge >= 0.3 is 0 Å². The number of hydrogen-bond donors (Lipinski definition) is 2. The second-order valence-corrected chi connectivity index (χ2v) is 8.69. The summed E-state index contributed by atoms with van der Waals surface area (Å²) in [6.07, 6.45) is 3.10. The molecule has 32 heavy (non-hydrogen) atoms. The van der Waals surface area contributed by atoms with Gasteiger partial charge < -0.3 is 25.0 Å². The van der Waals surface area contributed by atoms with Crippen molar-refractivity contribution in [1.29, 1.82) is 0 Å². The lowest BCUT2D eigenvalue weighted by atomic mass is 9.74. The standard InChI is InChI=1S/C26H36N4O2/c1-3-32-24-11-9-21(10-12-24)26(14-17-31-18-15-26)20-28-25(27-2)29-22-13-16-30(19-22)23-7-5-4-6-8-23/h4-12,22H,3,13-20H2,1-2H3,(H2,27,28,29). The Morgan fingerprint density at radius 3 is 2.56 bits per heavy atom. The van der Waals surface area contributed by atoms with E-state index in [9.17, 15) is 0 Å². The number of hydrogen-bond acceptors (Lipinski definition) is 4. The topological polar surface area (TPSA) is 58.1 Å². The number of nitrogens with one attached hydrogen (secondary N) is 2. The first-order chi connectivity index (χ1) is 15.7. The van der Waals surface area contributed by atoms with E-state index in [-0.39, 0.29) is 5.41 Å². The lowest BCUT2D eigenvalue weighted by Crippen LogP contribution is -2.50. The fourth-order valence-electron chi connectivity index (χ4n) is 4.79. The quantitative estimate of drug-likeness (QED) is 0.513. The van der Waals surface area contributed by atoms with Crippen LogP contribution in [0.2, 0.25) is 0 Å². The zero-order chi connectivity index (χ0) is 22.2. The van der Waals surface area contributed by atoms with Gasteiger partial charge in [-0.1, -0.05) is 30.3 Å². The molecule has 0 aliphatic carbocycles. The summed E-state index contributed by atoms with van der Waals surface area (Å²) in [6.45, 7) is 7.16. The molecule has 2 heterocycles. The number of guanidine groups is 1. The molecule has 0 spiro atoms. The predicted molar refractivity (Wildman–Crippen MR) is 131 cm³/mol. The van der Waals surface area contributed by atoms with E-state index in [0.29, 0.717) is 12.6 Å². The Hall–Kier alpha value is -2.73. The molecule has 0 amide bonds. The van der Waals surface area contributed by atoms with Crippen LogP contribution in [0.1, 0.15) is 31.7 Å². The summed E-state index contributed by atoms with van der Waals surface area (Å²) in [5.74, 6) is 1.80. The highest BCUT2D eigenvalue weighted by Crippen LogP contribution is 2.35. The highest BCUT2D eigenvalue weighted by molar-refractivity contribution is 5.80. The summed E-state index contributed by atoms with van der Waals surface area (Å²) in [4.78, 5) is 6.96. The molecule has 1 unspecified atom stereocenters. The van der Waals surface area contributed by atoms with E-state index in [0.717, 1.165) is 63.8 Å². The van der Waals surface area contributed by atoms with Crippen molar-refractivity contribution < 1.29 is 9.47 Å². The zero-order valence-corrected chi connectivity index (χ0v) is 19.3. The Morgan fingerprint density at radius 1 is 1.12 bits per heavy atom. The number of rotatable bonds is 7. The first-order valence-electron chi connectivity index (χ1n) is 11.8. The van der Waals surface area contributed by atoms with E-state index < -0.39 is 0 Å². The van der Waals surface area contributed by atoms with E-state index >= 15 is 0 Å². The number of aliphatic imine (C=N–C) groups is 1. The monoisotopic (exact) mass is 436 g/mol. The van der Waals surface area contributed by atoms with Crippen LogP contribution in [0.25, 0.3) is 0 Å². The maximum Gasteiger partial charge on any atom is 0.191 e. The van der Waals surface area contributed by atoms with E-state index in [1.165, 1.54) is 11.3 Å². The van der Waals surface area contributed by atoms with Crippen LogP contribution < -0.4 is 20.3 Å². The Kier molecular flexibility index (Phi) is 7.53. The molecule has 6 heteroatoms. The molecule has 2 aromatic carbocycles. The van der Waals surface area contributed by atoms with Gasteiger partial charge in [0.2, 0.25) is 0 Å². The molecule has 2 aliphatic heterocycles. The Labute approximate surface area is 192 Å². The summed E-state index contributed by atoms with van der Waals surface area (Å²) in [6, 6.07) is 19.6. The van der Waals surface area contributed by atoms with Crippen molar-refractivity contribution in [3.05, 3.63) is 60.2 Å². The molecule has 0 saturated carbocycles. The first kappa shape index (κ1) is 22.5. The molecule has 2 saturated heterocycles. The molecule has 0 radical (unpaired) electrons.